The highest BCUT2D eigenvalue weighted by molar-refractivity contribution is 7.99. The van der Waals surface area contributed by atoms with Gasteiger partial charge in [0.2, 0.25) is 0 Å². The minimum Gasteiger partial charge on any atom is -0.445 e. The number of aliphatic hydroxyl groups excluding tert-OH is 1. The normalized spacial score (nSPS) is 13.7. The first kappa shape index (κ1) is 16.1. The molecule has 4 nitrogen and oxygen atoms in total. The number of amides is 1. The Morgan fingerprint density at radius 2 is 2.11 bits per heavy atom. The maximum absolute atomic E-state index is 11.6. The van der Waals surface area contributed by atoms with Crippen LogP contribution in [0.15, 0.2) is 24.3 Å². The number of benzene rings is 1. The van der Waals surface area contributed by atoms with E-state index in [9.17, 15) is 4.79 Å². The van der Waals surface area contributed by atoms with Crippen LogP contribution in [0.3, 0.4) is 0 Å². The van der Waals surface area contributed by atoms with Gasteiger partial charge < -0.3 is 15.2 Å². The quantitative estimate of drug-likeness (QED) is 0.848. The third kappa shape index (κ3) is 5.72. The standard InChI is InChI=1S/C13H18ClNO3S/c1-9(12(7-16)19-2)15-13(17)18-8-10-3-5-11(14)6-4-10/h3-6,9,12,16H,7-8H2,1-2H3,(H,15,17)/t9-,12+/m0/s1. The molecule has 1 rings (SSSR count). The van der Waals surface area contributed by atoms with Gasteiger partial charge in [0.1, 0.15) is 6.61 Å². The molecule has 0 bridgehead atoms. The summed E-state index contributed by atoms with van der Waals surface area (Å²) in [5, 5.41) is 12.4. The molecule has 0 aliphatic heterocycles. The lowest BCUT2D eigenvalue weighted by molar-refractivity contribution is 0.135. The molecule has 0 fully saturated rings. The second kappa shape index (κ2) is 8.30. The number of rotatable bonds is 6. The first-order chi connectivity index (χ1) is 9.06. The molecule has 1 aromatic carbocycles. The summed E-state index contributed by atoms with van der Waals surface area (Å²) in [6, 6.07) is 6.94. The van der Waals surface area contributed by atoms with Gasteiger partial charge in [-0.2, -0.15) is 11.8 Å². The smallest absolute Gasteiger partial charge is 0.407 e. The van der Waals surface area contributed by atoms with Gasteiger partial charge in [-0.05, 0) is 30.9 Å². The summed E-state index contributed by atoms with van der Waals surface area (Å²) in [5.41, 5.74) is 0.871. The number of carbonyl (C=O) groups is 1. The van der Waals surface area contributed by atoms with Crippen molar-refractivity contribution in [3.63, 3.8) is 0 Å². The minimum absolute atomic E-state index is 0.0137. The summed E-state index contributed by atoms with van der Waals surface area (Å²) < 4.78 is 5.09. The van der Waals surface area contributed by atoms with Gasteiger partial charge >= 0.3 is 6.09 Å². The molecule has 0 saturated carbocycles. The third-order valence-electron chi connectivity index (χ3n) is 2.67. The van der Waals surface area contributed by atoms with Crippen LogP contribution in [0.5, 0.6) is 0 Å². The Bertz CT molecular complexity index is 395. The van der Waals surface area contributed by atoms with Crippen LogP contribution in [-0.2, 0) is 11.3 Å². The number of aliphatic hydroxyl groups is 1. The maximum Gasteiger partial charge on any atom is 0.407 e. The van der Waals surface area contributed by atoms with Crippen LogP contribution in [0.2, 0.25) is 5.02 Å². The van der Waals surface area contributed by atoms with Gasteiger partial charge in [0.05, 0.1) is 6.61 Å². The summed E-state index contributed by atoms with van der Waals surface area (Å²) in [7, 11) is 0. The van der Waals surface area contributed by atoms with Crippen molar-refractivity contribution in [3.8, 4) is 0 Å². The van der Waals surface area contributed by atoms with E-state index in [-0.39, 0.29) is 24.5 Å². The summed E-state index contributed by atoms with van der Waals surface area (Å²) in [4.78, 5) is 11.6. The average Bonchev–Trinajstić information content (AvgIpc) is 2.39. The SMILES string of the molecule is CS[C@H](CO)[C@H](C)NC(=O)OCc1ccc(Cl)cc1. The zero-order chi connectivity index (χ0) is 14.3. The van der Waals surface area contributed by atoms with Gasteiger partial charge in [-0.15, -0.1) is 0 Å². The fourth-order valence-corrected chi connectivity index (χ4v) is 2.24. The van der Waals surface area contributed by atoms with Crippen LogP contribution in [0.1, 0.15) is 12.5 Å². The number of alkyl carbamates (subject to hydrolysis) is 1. The van der Waals surface area contributed by atoms with Crippen LogP contribution >= 0.6 is 23.4 Å². The van der Waals surface area contributed by atoms with E-state index in [4.69, 9.17) is 21.4 Å². The number of thioether (sulfide) groups is 1. The molecule has 0 aromatic heterocycles. The van der Waals surface area contributed by atoms with Crippen LogP contribution in [-0.4, -0.2) is 35.4 Å². The number of ether oxygens (including phenoxy) is 1. The van der Waals surface area contributed by atoms with Crippen molar-refractivity contribution >= 4 is 29.5 Å². The van der Waals surface area contributed by atoms with E-state index in [0.717, 1.165) is 5.56 Å². The van der Waals surface area contributed by atoms with Crippen molar-refractivity contribution in [2.24, 2.45) is 0 Å². The van der Waals surface area contributed by atoms with Gasteiger partial charge in [0, 0.05) is 16.3 Å². The average molecular weight is 304 g/mol. The highest BCUT2D eigenvalue weighted by atomic mass is 35.5. The van der Waals surface area contributed by atoms with Crippen LogP contribution in [0.4, 0.5) is 4.79 Å². The van der Waals surface area contributed by atoms with Gasteiger partial charge in [-0.3, -0.25) is 0 Å². The lowest BCUT2D eigenvalue weighted by Crippen LogP contribution is -2.41. The zero-order valence-corrected chi connectivity index (χ0v) is 12.5. The Balaban J connectivity index is 2.37. The molecule has 0 radical (unpaired) electrons. The number of carbonyl (C=O) groups excluding carboxylic acids is 1. The number of halogens is 1. The highest BCUT2D eigenvalue weighted by Crippen LogP contribution is 2.12. The molecule has 6 heteroatoms. The Morgan fingerprint density at radius 3 is 2.63 bits per heavy atom. The molecule has 1 amide bonds. The van der Waals surface area contributed by atoms with Crippen molar-refractivity contribution in [1.29, 1.82) is 0 Å². The van der Waals surface area contributed by atoms with E-state index in [1.807, 2.05) is 13.2 Å². The van der Waals surface area contributed by atoms with Crippen LogP contribution in [0, 0.1) is 0 Å². The second-order valence-electron chi connectivity index (χ2n) is 4.09. The molecule has 1 aromatic rings. The van der Waals surface area contributed by atoms with Crippen LogP contribution in [0.25, 0.3) is 0 Å². The maximum atomic E-state index is 11.6. The van der Waals surface area contributed by atoms with Gasteiger partial charge in [-0.1, -0.05) is 23.7 Å². The molecule has 106 valence electrons. The predicted octanol–water partition coefficient (Wildman–Crippen LogP) is 2.68. The fourth-order valence-electron chi connectivity index (χ4n) is 1.49. The number of hydrogen-bond acceptors (Lipinski definition) is 4. The minimum atomic E-state index is -0.491. The molecule has 19 heavy (non-hydrogen) atoms. The van der Waals surface area contributed by atoms with Gasteiger partial charge in [-0.25, -0.2) is 4.79 Å². The van der Waals surface area contributed by atoms with Crippen molar-refractivity contribution in [2.45, 2.75) is 24.8 Å². The summed E-state index contributed by atoms with van der Waals surface area (Å²) in [6.45, 7) is 2.04. The molecule has 0 heterocycles. The number of nitrogens with one attached hydrogen (secondary N) is 1. The molecular weight excluding hydrogens is 286 g/mol. The van der Waals surface area contributed by atoms with Crippen molar-refractivity contribution in [1.82, 2.24) is 5.32 Å². The summed E-state index contributed by atoms with van der Waals surface area (Å²) >= 11 is 7.27. The van der Waals surface area contributed by atoms with E-state index in [1.54, 1.807) is 24.3 Å². The molecule has 2 atom stereocenters. The Morgan fingerprint density at radius 1 is 1.47 bits per heavy atom. The lowest BCUT2D eigenvalue weighted by Gasteiger charge is -2.20. The topological polar surface area (TPSA) is 58.6 Å². The largest absolute Gasteiger partial charge is 0.445 e. The van der Waals surface area contributed by atoms with E-state index >= 15 is 0 Å². The molecule has 2 N–H and O–H groups in total. The Hall–Kier alpha value is -0.910. The number of hydrogen-bond donors (Lipinski definition) is 2. The van der Waals surface area contributed by atoms with E-state index in [2.05, 4.69) is 5.32 Å². The fraction of sp³-hybridized carbons (Fsp3) is 0.462. The first-order valence-corrected chi connectivity index (χ1v) is 7.54. The van der Waals surface area contributed by atoms with Crippen molar-refractivity contribution in [2.75, 3.05) is 12.9 Å². The molecule has 0 unspecified atom stereocenters. The van der Waals surface area contributed by atoms with Gasteiger partial charge in [0.25, 0.3) is 0 Å². The molecular formula is C13H18ClNO3S. The molecule has 0 spiro atoms. The first-order valence-electron chi connectivity index (χ1n) is 5.88. The van der Waals surface area contributed by atoms with Crippen molar-refractivity contribution in [3.05, 3.63) is 34.9 Å². The molecule has 0 aliphatic carbocycles. The summed E-state index contributed by atoms with van der Waals surface area (Å²) in [6.07, 6.45) is 1.40. The monoisotopic (exact) mass is 303 g/mol. The molecule has 0 aliphatic rings. The van der Waals surface area contributed by atoms with E-state index in [0.29, 0.717) is 5.02 Å². The lowest BCUT2D eigenvalue weighted by atomic mass is 10.2. The van der Waals surface area contributed by atoms with Crippen LogP contribution < -0.4 is 5.32 Å². The van der Waals surface area contributed by atoms with Gasteiger partial charge in [0.15, 0.2) is 0 Å². The summed E-state index contributed by atoms with van der Waals surface area (Å²) in [5.74, 6) is 0. The molecule has 0 saturated heterocycles. The highest BCUT2D eigenvalue weighted by Gasteiger charge is 2.17. The van der Waals surface area contributed by atoms with Crippen molar-refractivity contribution < 1.29 is 14.6 Å². The zero-order valence-electron chi connectivity index (χ0n) is 10.9. The Labute approximate surface area is 122 Å². The second-order valence-corrected chi connectivity index (χ2v) is 5.61. The van der Waals surface area contributed by atoms with E-state index in [1.165, 1.54) is 11.8 Å². The Kier molecular flexibility index (Phi) is 7.05. The predicted molar refractivity (Wildman–Crippen MR) is 78.6 cm³/mol. The van der Waals surface area contributed by atoms with E-state index < -0.39 is 6.09 Å². The third-order valence-corrected chi connectivity index (χ3v) is 4.08.